The number of rotatable bonds is 6. The third kappa shape index (κ3) is 5.11. The lowest BCUT2D eigenvalue weighted by atomic mass is 9.55. The Bertz CT molecular complexity index is 409. The summed E-state index contributed by atoms with van der Waals surface area (Å²) in [6.07, 6.45) is -0.254. The predicted octanol–water partition coefficient (Wildman–Crippen LogP) is 3.15. The number of Topliss-reactive ketones (excluding diaryl/α,β-unsaturated/α-hetero) is 1. The van der Waals surface area contributed by atoms with Crippen LogP contribution >= 0.6 is 0 Å². The van der Waals surface area contributed by atoms with Crippen LogP contribution in [0.3, 0.4) is 0 Å². The average molecular weight is 314 g/mol. The summed E-state index contributed by atoms with van der Waals surface area (Å²) in [5, 5.41) is 0. The molecule has 0 aliphatic rings. The fourth-order valence-electron chi connectivity index (χ4n) is 2.43. The van der Waals surface area contributed by atoms with Crippen LogP contribution in [-0.4, -0.2) is 30.9 Å². The van der Waals surface area contributed by atoms with Crippen molar-refractivity contribution < 1.29 is 23.9 Å². The van der Waals surface area contributed by atoms with Crippen LogP contribution in [0.2, 0.25) is 0 Å². The second kappa shape index (κ2) is 7.25. The number of carbonyl (C=O) groups is 3. The second-order valence-electron chi connectivity index (χ2n) is 7.86. The highest BCUT2D eigenvalue weighted by Crippen LogP contribution is 2.51. The van der Waals surface area contributed by atoms with Gasteiger partial charge in [-0.05, 0) is 24.7 Å². The molecule has 128 valence electrons. The van der Waals surface area contributed by atoms with Gasteiger partial charge in [0.15, 0.2) is 0 Å². The first-order valence-corrected chi connectivity index (χ1v) is 7.56. The van der Waals surface area contributed by atoms with Gasteiger partial charge in [-0.1, -0.05) is 41.5 Å². The SMILES string of the molecule is CC(=O)CC(=O)OCCOC(=O)C(C)(C(C)(C)C)C(C)(C)C. The standard InChI is InChI=1S/C17H30O5/c1-12(18)11-13(19)21-9-10-22-14(20)17(8,15(2,3)4)16(5,6)7/h9-11H2,1-8H3. The number of hydrogen-bond acceptors (Lipinski definition) is 5. The van der Waals surface area contributed by atoms with Gasteiger partial charge in [0.2, 0.25) is 0 Å². The molecule has 0 aromatic rings. The van der Waals surface area contributed by atoms with E-state index in [0.29, 0.717) is 0 Å². The highest BCUT2D eigenvalue weighted by Gasteiger charge is 2.53. The average Bonchev–Trinajstić information content (AvgIpc) is 2.29. The van der Waals surface area contributed by atoms with Crippen LogP contribution in [0.25, 0.3) is 0 Å². The maximum atomic E-state index is 12.6. The molecule has 0 aromatic carbocycles. The monoisotopic (exact) mass is 314 g/mol. The van der Waals surface area contributed by atoms with E-state index in [1.807, 2.05) is 48.5 Å². The molecular formula is C17H30O5. The van der Waals surface area contributed by atoms with Crippen LogP contribution in [0.1, 0.15) is 61.8 Å². The van der Waals surface area contributed by atoms with Crippen molar-refractivity contribution in [3.8, 4) is 0 Å². The molecule has 0 fully saturated rings. The molecule has 0 aromatic heterocycles. The molecule has 0 radical (unpaired) electrons. The predicted molar refractivity (Wildman–Crippen MR) is 84.2 cm³/mol. The summed E-state index contributed by atoms with van der Waals surface area (Å²) < 4.78 is 10.2. The Hall–Kier alpha value is -1.39. The van der Waals surface area contributed by atoms with Gasteiger partial charge in [-0.2, -0.15) is 0 Å². The van der Waals surface area contributed by atoms with Crippen molar-refractivity contribution in [3.05, 3.63) is 0 Å². The first kappa shape index (κ1) is 20.6. The molecule has 0 bridgehead atoms. The molecule has 0 aliphatic carbocycles. The summed E-state index contributed by atoms with van der Waals surface area (Å²) in [6, 6.07) is 0. The molecule has 0 N–H and O–H groups in total. The smallest absolute Gasteiger partial charge is 0.313 e. The van der Waals surface area contributed by atoms with E-state index < -0.39 is 11.4 Å². The highest BCUT2D eigenvalue weighted by atomic mass is 16.6. The summed E-state index contributed by atoms with van der Waals surface area (Å²) >= 11 is 0. The molecule has 5 nitrogen and oxygen atoms in total. The Labute approximate surface area is 133 Å². The van der Waals surface area contributed by atoms with Crippen LogP contribution in [0.5, 0.6) is 0 Å². The quantitative estimate of drug-likeness (QED) is 0.428. The van der Waals surface area contributed by atoms with Crippen molar-refractivity contribution >= 4 is 17.7 Å². The van der Waals surface area contributed by atoms with E-state index >= 15 is 0 Å². The lowest BCUT2D eigenvalue weighted by molar-refractivity contribution is -0.175. The van der Waals surface area contributed by atoms with Gasteiger partial charge in [-0.25, -0.2) is 0 Å². The van der Waals surface area contributed by atoms with E-state index in [4.69, 9.17) is 9.47 Å². The van der Waals surface area contributed by atoms with E-state index in [2.05, 4.69) is 0 Å². The van der Waals surface area contributed by atoms with E-state index in [1.54, 1.807) is 0 Å². The van der Waals surface area contributed by atoms with Crippen molar-refractivity contribution in [1.82, 2.24) is 0 Å². The van der Waals surface area contributed by atoms with E-state index in [0.717, 1.165) is 0 Å². The lowest BCUT2D eigenvalue weighted by Crippen LogP contribution is -2.51. The number of carbonyl (C=O) groups excluding carboxylic acids is 3. The van der Waals surface area contributed by atoms with Crippen molar-refractivity contribution in [2.75, 3.05) is 13.2 Å². The van der Waals surface area contributed by atoms with Crippen LogP contribution in [0.15, 0.2) is 0 Å². The zero-order valence-corrected chi connectivity index (χ0v) is 15.2. The maximum absolute atomic E-state index is 12.6. The van der Waals surface area contributed by atoms with Gasteiger partial charge in [0.25, 0.3) is 0 Å². The van der Waals surface area contributed by atoms with Gasteiger partial charge in [0.05, 0.1) is 5.41 Å². The third-order valence-corrected chi connectivity index (χ3v) is 4.38. The topological polar surface area (TPSA) is 69.7 Å². The summed E-state index contributed by atoms with van der Waals surface area (Å²) in [6.45, 7) is 15.2. The Kier molecular flexibility index (Phi) is 6.79. The fourth-order valence-corrected chi connectivity index (χ4v) is 2.43. The largest absolute Gasteiger partial charge is 0.462 e. The van der Waals surface area contributed by atoms with E-state index in [1.165, 1.54) is 6.92 Å². The van der Waals surface area contributed by atoms with Crippen LogP contribution in [-0.2, 0) is 23.9 Å². The van der Waals surface area contributed by atoms with Gasteiger partial charge < -0.3 is 9.47 Å². The van der Waals surface area contributed by atoms with Crippen molar-refractivity contribution in [2.45, 2.75) is 61.8 Å². The van der Waals surface area contributed by atoms with E-state index in [-0.39, 0.29) is 42.2 Å². The first-order chi connectivity index (χ1) is 9.73. The molecule has 0 unspecified atom stereocenters. The molecule has 0 rings (SSSR count). The molecule has 0 spiro atoms. The zero-order valence-electron chi connectivity index (χ0n) is 15.2. The highest BCUT2D eigenvalue weighted by molar-refractivity contribution is 5.94. The van der Waals surface area contributed by atoms with Crippen LogP contribution in [0.4, 0.5) is 0 Å². The molecule has 0 atom stereocenters. The number of hydrogen-bond donors (Lipinski definition) is 0. The molecule has 0 saturated heterocycles. The minimum Gasteiger partial charge on any atom is -0.462 e. The Morgan fingerprint density at radius 2 is 1.18 bits per heavy atom. The minimum absolute atomic E-state index is 0.00969. The van der Waals surface area contributed by atoms with Gasteiger partial charge in [0.1, 0.15) is 25.4 Å². The fraction of sp³-hybridized carbons (Fsp3) is 0.824. The van der Waals surface area contributed by atoms with E-state index in [9.17, 15) is 14.4 Å². The van der Waals surface area contributed by atoms with Crippen LogP contribution < -0.4 is 0 Å². The third-order valence-electron chi connectivity index (χ3n) is 4.38. The Morgan fingerprint density at radius 1 is 0.773 bits per heavy atom. The maximum Gasteiger partial charge on any atom is 0.313 e. The minimum atomic E-state index is -0.691. The van der Waals surface area contributed by atoms with Crippen molar-refractivity contribution in [2.24, 2.45) is 16.2 Å². The van der Waals surface area contributed by atoms with Gasteiger partial charge in [-0.15, -0.1) is 0 Å². The molecule has 0 amide bonds. The summed E-state index contributed by atoms with van der Waals surface area (Å²) in [7, 11) is 0. The first-order valence-electron chi connectivity index (χ1n) is 7.56. The number of esters is 2. The van der Waals surface area contributed by atoms with Crippen molar-refractivity contribution in [1.29, 1.82) is 0 Å². The normalized spacial score (nSPS) is 12.7. The van der Waals surface area contributed by atoms with Gasteiger partial charge in [-0.3, -0.25) is 14.4 Å². The molecule has 0 heterocycles. The Balaban J connectivity index is 4.64. The number of ketones is 1. The molecular weight excluding hydrogens is 284 g/mol. The summed E-state index contributed by atoms with van der Waals surface area (Å²) in [5.41, 5.74) is -1.26. The Morgan fingerprint density at radius 3 is 1.55 bits per heavy atom. The van der Waals surface area contributed by atoms with Crippen LogP contribution in [0, 0.1) is 16.2 Å². The molecule has 0 aliphatic heterocycles. The van der Waals surface area contributed by atoms with Gasteiger partial charge in [0, 0.05) is 0 Å². The molecule has 5 heteroatoms. The second-order valence-corrected chi connectivity index (χ2v) is 7.86. The lowest BCUT2D eigenvalue weighted by Gasteiger charge is -2.48. The summed E-state index contributed by atoms with van der Waals surface area (Å²) in [5.74, 6) is -1.16. The zero-order chi connectivity index (χ0) is 17.8. The summed E-state index contributed by atoms with van der Waals surface area (Å²) in [4.78, 5) is 34.6. The number of ether oxygens (including phenoxy) is 2. The van der Waals surface area contributed by atoms with Gasteiger partial charge >= 0.3 is 11.9 Å². The van der Waals surface area contributed by atoms with Crippen molar-refractivity contribution in [3.63, 3.8) is 0 Å². The molecule has 22 heavy (non-hydrogen) atoms. The molecule has 0 saturated carbocycles.